The van der Waals surface area contributed by atoms with Gasteiger partial charge in [0.15, 0.2) is 0 Å². The molecule has 0 spiro atoms. The quantitative estimate of drug-likeness (QED) is 0.854. The molecule has 1 aromatic heterocycles. The summed E-state index contributed by atoms with van der Waals surface area (Å²) in [6, 6.07) is 8.09. The molecule has 0 atom stereocenters. The average Bonchev–Trinajstić information content (AvgIpc) is 2.37. The molecular weight excluding hydrogens is 358 g/mol. The molecule has 0 saturated heterocycles. The number of anilines is 2. The molecule has 18 heavy (non-hydrogen) atoms. The van der Waals surface area contributed by atoms with Crippen molar-refractivity contribution in [1.29, 1.82) is 0 Å². The van der Waals surface area contributed by atoms with E-state index in [1.54, 1.807) is 6.20 Å². The Balaban J connectivity index is 2.17. The van der Waals surface area contributed by atoms with Crippen LogP contribution in [0.25, 0.3) is 0 Å². The Labute approximate surface area is 123 Å². The van der Waals surface area contributed by atoms with Crippen LogP contribution in [0.1, 0.15) is 11.1 Å². The molecule has 0 bridgehead atoms. The Morgan fingerprint density at radius 3 is 2.72 bits per heavy atom. The van der Waals surface area contributed by atoms with E-state index in [0.29, 0.717) is 12.2 Å². The van der Waals surface area contributed by atoms with E-state index < -0.39 is 0 Å². The second-order valence-electron chi connectivity index (χ2n) is 3.95. The largest absolute Gasteiger partial charge is 0.397 e. The first-order chi connectivity index (χ1) is 8.59. The van der Waals surface area contributed by atoms with Crippen molar-refractivity contribution in [2.75, 3.05) is 11.1 Å². The average molecular weight is 371 g/mol. The highest BCUT2D eigenvalue weighted by Crippen LogP contribution is 2.28. The van der Waals surface area contributed by atoms with Gasteiger partial charge in [0, 0.05) is 11.0 Å². The zero-order valence-corrected chi connectivity index (χ0v) is 13.0. The molecule has 0 aliphatic carbocycles. The number of nitrogen functional groups attached to an aromatic ring is 1. The lowest BCUT2D eigenvalue weighted by Gasteiger charge is -2.11. The van der Waals surface area contributed by atoms with Crippen LogP contribution in [-0.2, 0) is 6.54 Å². The van der Waals surface area contributed by atoms with Crippen molar-refractivity contribution in [1.82, 2.24) is 4.98 Å². The van der Waals surface area contributed by atoms with Crippen molar-refractivity contribution in [3.63, 3.8) is 0 Å². The third-order valence-corrected chi connectivity index (χ3v) is 4.45. The number of benzene rings is 1. The Hall–Kier alpha value is -1.07. The molecule has 5 heteroatoms. The van der Waals surface area contributed by atoms with Crippen LogP contribution in [0.3, 0.4) is 0 Å². The Bertz CT molecular complexity index is 570. The van der Waals surface area contributed by atoms with Crippen molar-refractivity contribution >= 4 is 43.4 Å². The number of hydrogen-bond acceptors (Lipinski definition) is 3. The summed E-state index contributed by atoms with van der Waals surface area (Å²) in [6.45, 7) is 2.67. The maximum absolute atomic E-state index is 5.79. The molecule has 0 unspecified atom stereocenters. The van der Waals surface area contributed by atoms with Gasteiger partial charge in [-0.25, -0.2) is 4.98 Å². The van der Waals surface area contributed by atoms with E-state index in [1.807, 2.05) is 25.1 Å². The van der Waals surface area contributed by atoms with Crippen LogP contribution in [0, 0.1) is 6.92 Å². The highest BCUT2D eigenvalue weighted by atomic mass is 79.9. The lowest BCUT2D eigenvalue weighted by Crippen LogP contribution is -2.04. The number of rotatable bonds is 3. The van der Waals surface area contributed by atoms with Crippen molar-refractivity contribution in [2.24, 2.45) is 0 Å². The first kappa shape index (κ1) is 13.4. The molecule has 1 aromatic carbocycles. The zero-order chi connectivity index (χ0) is 13.1. The SMILES string of the molecule is Cc1c(N)cnc(NCc2ccccc2Br)c1Br. The van der Waals surface area contributed by atoms with Crippen LogP contribution in [-0.4, -0.2) is 4.98 Å². The third kappa shape index (κ3) is 2.84. The number of nitrogens with one attached hydrogen (secondary N) is 1. The van der Waals surface area contributed by atoms with Crippen molar-refractivity contribution < 1.29 is 0 Å². The van der Waals surface area contributed by atoms with Crippen LogP contribution in [0.5, 0.6) is 0 Å². The predicted molar refractivity (Wildman–Crippen MR) is 82.6 cm³/mol. The van der Waals surface area contributed by atoms with Gasteiger partial charge in [-0.2, -0.15) is 0 Å². The lowest BCUT2D eigenvalue weighted by atomic mass is 10.2. The summed E-state index contributed by atoms with van der Waals surface area (Å²) in [5, 5.41) is 3.29. The van der Waals surface area contributed by atoms with Gasteiger partial charge in [-0.3, -0.25) is 0 Å². The van der Waals surface area contributed by atoms with Crippen LogP contribution in [0.15, 0.2) is 39.4 Å². The maximum atomic E-state index is 5.79. The van der Waals surface area contributed by atoms with Gasteiger partial charge in [-0.05, 0) is 40.0 Å². The van der Waals surface area contributed by atoms with E-state index in [9.17, 15) is 0 Å². The summed E-state index contributed by atoms with van der Waals surface area (Å²) < 4.78 is 2.00. The number of aromatic nitrogens is 1. The molecule has 2 aromatic rings. The Morgan fingerprint density at radius 2 is 2.00 bits per heavy atom. The summed E-state index contributed by atoms with van der Waals surface area (Å²) in [5.41, 5.74) is 8.66. The minimum Gasteiger partial charge on any atom is -0.397 e. The highest BCUT2D eigenvalue weighted by molar-refractivity contribution is 9.11. The van der Waals surface area contributed by atoms with Crippen molar-refractivity contribution in [3.05, 3.63) is 50.5 Å². The number of nitrogens with zero attached hydrogens (tertiary/aromatic N) is 1. The smallest absolute Gasteiger partial charge is 0.140 e. The van der Waals surface area contributed by atoms with E-state index in [-0.39, 0.29) is 0 Å². The fraction of sp³-hybridized carbons (Fsp3) is 0.154. The Kier molecular flexibility index (Phi) is 4.24. The molecule has 0 saturated carbocycles. The van der Waals surface area contributed by atoms with Crippen molar-refractivity contribution in [2.45, 2.75) is 13.5 Å². The van der Waals surface area contributed by atoms with Gasteiger partial charge in [0.05, 0.1) is 16.4 Å². The van der Waals surface area contributed by atoms with Gasteiger partial charge < -0.3 is 11.1 Å². The van der Waals surface area contributed by atoms with Crippen LogP contribution in [0.4, 0.5) is 11.5 Å². The minimum absolute atomic E-state index is 0.688. The molecular formula is C13H13Br2N3. The summed E-state index contributed by atoms with van der Waals surface area (Å²) in [4.78, 5) is 4.29. The Morgan fingerprint density at radius 1 is 1.28 bits per heavy atom. The minimum atomic E-state index is 0.688. The molecule has 0 aliphatic heterocycles. The second kappa shape index (κ2) is 5.71. The number of nitrogens with two attached hydrogens (primary N) is 1. The van der Waals surface area contributed by atoms with Crippen LogP contribution in [0.2, 0.25) is 0 Å². The fourth-order valence-corrected chi connectivity index (χ4v) is 2.43. The molecule has 2 rings (SSSR count). The van der Waals surface area contributed by atoms with Gasteiger partial charge in [0.1, 0.15) is 5.82 Å². The van der Waals surface area contributed by atoms with Gasteiger partial charge in [0.25, 0.3) is 0 Å². The van der Waals surface area contributed by atoms with Crippen LogP contribution >= 0.6 is 31.9 Å². The molecule has 0 aliphatic rings. The fourth-order valence-electron chi connectivity index (χ4n) is 1.54. The molecule has 0 fully saturated rings. The molecule has 94 valence electrons. The van der Waals surface area contributed by atoms with Crippen LogP contribution < -0.4 is 11.1 Å². The second-order valence-corrected chi connectivity index (χ2v) is 5.59. The molecule has 3 nitrogen and oxygen atoms in total. The van der Waals surface area contributed by atoms with E-state index in [2.05, 4.69) is 48.2 Å². The van der Waals surface area contributed by atoms with Crippen molar-refractivity contribution in [3.8, 4) is 0 Å². The number of pyridine rings is 1. The van der Waals surface area contributed by atoms with E-state index in [4.69, 9.17) is 5.73 Å². The maximum Gasteiger partial charge on any atom is 0.140 e. The zero-order valence-electron chi connectivity index (χ0n) is 9.87. The lowest BCUT2D eigenvalue weighted by molar-refractivity contribution is 1.09. The molecule has 0 amide bonds. The van der Waals surface area contributed by atoms with E-state index in [1.165, 1.54) is 5.56 Å². The molecule has 1 heterocycles. The summed E-state index contributed by atoms with van der Waals surface area (Å²) >= 11 is 7.03. The van der Waals surface area contributed by atoms with Gasteiger partial charge in [-0.15, -0.1) is 0 Å². The molecule has 3 N–H and O–H groups in total. The summed E-state index contributed by atoms with van der Waals surface area (Å²) in [7, 11) is 0. The predicted octanol–water partition coefficient (Wildman–Crippen LogP) is 4.11. The number of halogens is 2. The topological polar surface area (TPSA) is 50.9 Å². The normalized spacial score (nSPS) is 10.4. The van der Waals surface area contributed by atoms with E-state index in [0.717, 1.165) is 20.3 Å². The summed E-state index contributed by atoms with van der Waals surface area (Å²) in [5.74, 6) is 0.803. The molecule has 0 radical (unpaired) electrons. The van der Waals surface area contributed by atoms with Gasteiger partial charge in [-0.1, -0.05) is 34.1 Å². The first-order valence-electron chi connectivity index (χ1n) is 5.47. The monoisotopic (exact) mass is 369 g/mol. The highest BCUT2D eigenvalue weighted by Gasteiger charge is 2.07. The summed E-state index contributed by atoms with van der Waals surface area (Å²) in [6.07, 6.45) is 1.67. The standard InChI is InChI=1S/C13H13Br2N3/c1-8-11(16)7-18-13(12(8)15)17-6-9-4-2-3-5-10(9)14/h2-5,7H,6,16H2,1H3,(H,17,18). The van der Waals surface area contributed by atoms with E-state index >= 15 is 0 Å². The van der Waals surface area contributed by atoms with Gasteiger partial charge >= 0.3 is 0 Å². The first-order valence-corrected chi connectivity index (χ1v) is 7.06. The third-order valence-electron chi connectivity index (χ3n) is 2.71. The number of hydrogen-bond donors (Lipinski definition) is 2. The van der Waals surface area contributed by atoms with Gasteiger partial charge in [0.2, 0.25) is 0 Å².